The maximum absolute atomic E-state index is 12.3. The first-order chi connectivity index (χ1) is 12.3. The summed E-state index contributed by atoms with van der Waals surface area (Å²) in [5.41, 5.74) is 3.53. The van der Waals surface area contributed by atoms with E-state index in [-0.39, 0.29) is 6.42 Å². The van der Waals surface area contributed by atoms with Gasteiger partial charge in [-0.25, -0.2) is 0 Å². The normalized spacial score (nSPS) is 11.6. The topological polar surface area (TPSA) is 64.6 Å². The number of benzene rings is 2. The quantitative estimate of drug-likeness (QED) is 0.773. The Bertz CT molecular complexity index is 819. The van der Waals surface area contributed by atoms with Crippen molar-refractivity contribution in [3.63, 3.8) is 0 Å². The highest BCUT2D eigenvalue weighted by molar-refractivity contribution is 6.31. The number of carbonyl (C=O) groups excluding carboxylic acids is 2. The van der Waals surface area contributed by atoms with Crippen molar-refractivity contribution >= 4 is 29.2 Å². The highest BCUT2D eigenvalue weighted by atomic mass is 35.5. The fourth-order valence-corrected chi connectivity index (χ4v) is 2.56. The van der Waals surface area contributed by atoms with Crippen molar-refractivity contribution in [3.8, 4) is 5.75 Å². The number of esters is 1. The van der Waals surface area contributed by atoms with Gasteiger partial charge in [-0.05, 0) is 55.7 Å². The molecule has 2 aromatic carbocycles. The molecule has 0 bridgehead atoms. The molecule has 0 saturated carbocycles. The van der Waals surface area contributed by atoms with Gasteiger partial charge in [-0.15, -0.1) is 0 Å². The summed E-state index contributed by atoms with van der Waals surface area (Å²) in [6.07, 6.45) is -0.836. The second-order valence-corrected chi connectivity index (χ2v) is 6.50. The van der Waals surface area contributed by atoms with Gasteiger partial charge in [0.05, 0.1) is 19.2 Å². The van der Waals surface area contributed by atoms with Gasteiger partial charge in [-0.3, -0.25) is 9.59 Å². The third-order valence-corrected chi connectivity index (χ3v) is 4.25. The van der Waals surface area contributed by atoms with Gasteiger partial charge in [0, 0.05) is 5.02 Å². The molecule has 0 aromatic heterocycles. The molecular weight excluding hydrogens is 354 g/mol. The first kappa shape index (κ1) is 19.8. The van der Waals surface area contributed by atoms with Crippen molar-refractivity contribution in [1.82, 2.24) is 0 Å². The standard InChI is InChI=1S/C20H22ClNO4/c1-12-5-6-15(9-13(12)2)10-19(23)26-14(3)20(24)22-17-11-16(21)7-8-18(17)25-4/h5-9,11,14H,10H2,1-4H3,(H,22,24)/t14-/m1/s1. The molecule has 0 aliphatic carbocycles. The van der Waals surface area contributed by atoms with Crippen LogP contribution in [0.15, 0.2) is 36.4 Å². The summed E-state index contributed by atoms with van der Waals surface area (Å²) < 4.78 is 10.4. The lowest BCUT2D eigenvalue weighted by Crippen LogP contribution is -2.30. The average Bonchev–Trinajstić information content (AvgIpc) is 2.58. The molecular formula is C20H22ClNO4. The van der Waals surface area contributed by atoms with Gasteiger partial charge >= 0.3 is 5.97 Å². The highest BCUT2D eigenvalue weighted by Gasteiger charge is 2.19. The molecule has 0 aliphatic rings. The Morgan fingerprint density at radius 2 is 1.85 bits per heavy atom. The molecule has 0 saturated heterocycles. The Morgan fingerprint density at radius 1 is 1.12 bits per heavy atom. The van der Waals surface area contributed by atoms with Crippen LogP contribution in [0, 0.1) is 13.8 Å². The average molecular weight is 376 g/mol. The zero-order chi connectivity index (χ0) is 19.3. The van der Waals surface area contributed by atoms with Crippen LogP contribution in [0.1, 0.15) is 23.6 Å². The first-order valence-electron chi connectivity index (χ1n) is 8.20. The van der Waals surface area contributed by atoms with E-state index in [1.165, 1.54) is 14.0 Å². The number of hydrogen-bond donors (Lipinski definition) is 1. The third kappa shape index (κ3) is 5.23. The van der Waals surface area contributed by atoms with E-state index in [2.05, 4.69) is 5.32 Å². The number of ether oxygens (including phenoxy) is 2. The minimum absolute atomic E-state index is 0.110. The first-order valence-corrected chi connectivity index (χ1v) is 8.58. The number of aryl methyl sites for hydroxylation is 2. The molecule has 2 aromatic rings. The van der Waals surface area contributed by atoms with Crippen molar-refractivity contribution in [2.45, 2.75) is 33.3 Å². The number of halogens is 1. The lowest BCUT2D eigenvalue weighted by atomic mass is 10.0. The second-order valence-electron chi connectivity index (χ2n) is 6.06. The van der Waals surface area contributed by atoms with Crippen LogP contribution in [0.5, 0.6) is 5.75 Å². The van der Waals surface area contributed by atoms with Crippen LogP contribution in [-0.4, -0.2) is 25.1 Å². The van der Waals surface area contributed by atoms with Crippen LogP contribution < -0.4 is 10.1 Å². The molecule has 0 heterocycles. The van der Waals surface area contributed by atoms with E-state index in [1.807, 2.05) is 32.0 Å². The van der Waals surface area contributed by atoms with Crippen LogP contribution in [-0.2, 0) is 20.7 Å². The maximum Gasteiger partial charge on any atom is 0.311 e. The van der Waals surface area contributed by atoms with Gasteiger partial charge in [0.1, 0.15) is 5.75 Å². The molecule has 1 amide bonds. The molecule has 1 atom stereocenters. The van der Waals surface area contributed by atoms with E-state index < -0.39 is 18.0 Å². The van der Waals surface area contributed by atoms with Gasteiger partial charge in [0.15, 0.2) is 6.10 Å². The fraction of sp³-hybridized carbons (Fsp3) is 0.300. The summed E-state index contributed by atoms with van der Waals surface area (Å²) >= 11 is 5.94. The van der Waals surface area contributed by atoms with Crippen LogP contribution in [0.2, 0.25) is 5.02 Å². The molecule has 0 spiro atoms. The smallest absolute Gasteiger partial charge is 0.311 e. The number of hydrogen-bond acceptors (Lipinski definition) is 4. The molecule has 0 radical (unpaired) electrons. The number of anilines is 1. The van der Waals surface area contributed by atoms with E-state index in [0.717, 1.165) is 16.7 Å². The Balaban J connectivity index is 1.97. The lowest BCUT2D eigenvalue weighted by Gasteiger charge is -2.15. The lowest BCUT2D eigenvalue weighted by molar-refractivity contribution is -0.152. The summed E-state index contributed by atoms with van der Waals surface area (Å²) in [4.78, 5) is 24.4. The van der Waals surface area contributed by atoms with Crippen molar-refractivity contribution < 1.29 is 19.1 Å². The highest BCUT2D eigenvalue weighted by Crippen LogP contribution is 2.27. The van der Waals surface area contributed by atoms with E-state index in [9.17, 15) is 9.59 Å². The molecule has 0 unspecified atom stereocenters. The summed E-state index contributed by atoms with van der Waals surface area (Å²) in [5.74, 6) is -0.454. The Morgan fingerprint density at radius 3 is 2.50 bits per heavy atom. The Hall–Kier alpha value is -2.53. The van der Waals surface area contributed by atoms with Gasteiger partial charge < -0.3 is 14.8 Å². The number of nitrogens with one attached hydrogen (secondary N) is 1. The summed E-state index contributed by atoms with van der Waals surface area (Å²) in [7, 11) is 1.49. The summed E-state index contributed by atoms with van der Waals surface area (Å²) in [5, 5.41) is 3.12. The van der Waals surface area contributed by atoms with E-state index in [0.29, 0.717) is 16.5 Å². The molecule has 5 nitrogen and oxygen atoms in total. The molecule has 138 valence electrons. The fourth-order valence-electron chi connectivity index (χ4n) is 2.38. The Labute approximate surface area is 158 Å². The molecule has 1 N–H and O–H groups in total. The van der Waals surface area contributed by atoms with Crippen molar-refractivity contribution in [1.29, 1.82) is 0 Å². The zero-order valence-corrected chi connectivity index (χ0v) is 16.0. The van der Waals surface area contributed by atoms with Crippen molar-refractivity contribution in [2.24, 2.45) is 0 Å². The number of methoxy groups -OCH3 is 1. The van der Waals surface area contributed by atoms with E-state index in [4.69, 9.17) is 21.1 Å². The monoisotopic (exact) mass is 375 g/mol. The predicted molar refractivity (Wildman–Crippen MR) is 102 cm³/mol. The largest absolute Gasteiger partial charge is 0.495 e. The van der Waals surface area contributed by atoms with Crippen LogP contribution in [0.4, 0.5) is 5.69 Å². The molecule has 2 rings (SSSR count). The second kappa shape index (κ2) is 8.72. The van der Waals surface area contributed by atoms with Gasteiger partial charge in [-0.1, -0.05) is 29.8 Å². The maximum atomic E-state index is 12.3. The van der Waals surface area contributed by atoms with Crippen LogP contribution in [0.3, 0.4) is 0 Å². The molecule has 26 heavy (non-hydrogen) atoms. The summed E-state index contributed by atoms with van der Waals surface area (Å²) in [6, 6.07) is 10.7. The number of carbonyl (C=O) groups is 2. The third-order valence-electron chi connectivity index (χ3n) is 4.02. The number of amides is 1. The van der Waals surface area contributed by atoms with Crippen molar-refractivity contribution in [2.75, 3.05) is 12.4 Å². The minimum Gasteiger partial charge on any atom is -0.495 e. The van der Waals surface area contributed by atoms with E-state index in [1.54, 1.807) is 18.2 Å². The molecule has 6 heteroatoms. The van der Waals surface area contributed by atoms with Gasteiger partial charge in [0.2, 0.25) is 0 Å². The summed E-state index contributed by atoms with van der Waals surface area (Å²) in [6.45, 7) is 5.51. The number of rotatable bonds is 6. The van der Waals surface area contributed by atoms with Gasteiger partial charge in [-0.2, -0.15) is 0 Å². The SMILES string of the molecule is COc1ccc(Cl)cc1NC(=O)[C@@H](C)OC(=O)Cc1ccc(C)c(C)c1. The van der Waals surface area contributed by atoms with Crippen LogP contribution in [0.25, 0.3) is 0 Å². The predicted octanol–water partition coefficient (Wildman–Crippen LogP) is 4.08. The van der Waals surface area contributed by atoms with Gasteiger partial charge in [0.25, 0.3) is 5.91 Å². The van der Waals surface area contributed by atoms with Crippen molar-refractivity contribution in [3.05, 3.63) is 58.1 Å². The van der Waals surface area contributed by atoms with Crippen LogP contribution >= 0.6 is 11.6 Å². The zero-order valence-electron chi connectivity index (χ0n) is 15.3. The minimum atomic E-state index is -0.947. The van der Waals surface area contributed by atoms with E-state index >= 15 is 0 Å². The Kier molecular flexibility index (Phi) is 6.64. The molecule has 0 aliphatic heterocycles. The molecule has 0 fully saturated rings.